The lowest BCUT2D eigenvalue weighted by Gasteiger charge is -2.02. The molecule has 2 aromatic rings. The van der Waals surface area contributed by atoms with Crippen LogP contribution in [0.5, 0.6) is 0 Å². The summed E-state index contributed by atoms with van der Waals surface area (Å²) in [6.45, 7) is 0. The van der Waals surface area contributed by atoms with Crippen molar-refractivity contribution in [2.24, 2.45) is 0 Å². The molecule has 15 heavy (non-hydrogen) atoms. The van der Waals surface area contributed by atoms with Crippen LogP contribution in [-0.4, -0.2) is 4.98 Å². The van der Waals surface area contributed by atoms with Crippen molar-refractivity contribution in [3.05, 3.63) is 54.0 Å². The Morgan fingerprint density at radius 1 is 1.07 bits per heavy atom. The molecule has 1 heterocycles. The van der Waals surface area contributed by atoms with E-state index in [4.69, 9.17) is 5.26 Å². The molecule has 0 radical (unpaired) electrons. The Morgan fingerprint density at radius 2 is 1.80 bits per heavy atom. The molecular formula is C12H7FN2. The third kappa shape index (κ3) is 1.84. The van der Waals surface area contributed by atoms with Crippen LogP contribution in [0.1, 0.15) is 5.56 Å². The van der Waals surface area contributed by atoms with E-state index in [1.165, 1.54) is 12.1 Å². The van der Waals surface area contributed by atoms with E-state index in [1.807, 2.05) is 24.3 Å². The molecule has 0 saturated carbocycles. The highest BCUT2D eigenvalue weighted by atomic mass is 19.1. The van der Waals surface area contributed by atoms with Crippen molar-refractivity contribution in [1.82, 2.24) is 4.98 Å². The third-order valence-electron chi connectivity index (χ3n) is 2.03. The lowest BCUT2D eigenvalue weighted by molar-refractivity contribution is 0.585. The monoisotopic (exact) mass is 198 g/mol. The summed E-state index contributed by atoms with van der Waals surface area (Å²) in [6.07, 6.45) is 0. The smallest absolute Gasteiger partial charge is 0.213 e. The largest absolute Gasteiger partial charge is 0.218 e. The second-order valence-electron chi connectivity index (χ2n) is 3.01. The van der Waals surface area contributed by atoms with Crippen LogP contribution >= 0.6 is 0 Å². The van der Waals surface area contributed by atoms with Gasteiger partial charge in [-0.25, -0.2) is 4.98 Å². The number of aromatic nitrogens is 1. The summed E-state index contributed by atoms with van der Waals surface area (Å²) in [7, 11) is 0. The number of pyridine rings is 1. The lowest BCUT2D eigenvalue weighted by atomic mass is 10.1. The average molecular weight is 198 g/mol. The Labute approximate surface area is 86.6 Å². The molecule has 2 nitrogen and oxygen atoms in total. The Bertz CT molecular complexity index is 515. The summed E-state index contributed by atoms with van der Waals surface area (Å²) in [6, 6.07) is 13.7. The van der Waals surface area contributed by atoms with E-state index < -0.39 is 5.95 Å². The Kier molecular flexibility index (Phi) is 2.42. The first-order valence-corrected chi connectivity index (χ1v) is 4.43. The molecule has 0 saturated heterocycles. The fourth-order valence-electron chi connectivity index (χ4n) is 1.34. The van der Waals surface area contributed by atoms with Gasteiger partial charge in [0.1, 0.15) is 6.07 Å². The average Bonchev–Trinajstić information content (AvgIpc) is 2.30. The van der Waals surface area contributed by atoms with Gasteiger partial charge < -0.3 is 0 Å². The number of hydrogen-bond donors (Lipinski definition) is 0. The maximum Gasteiger partial charge on any atom is 0.213 e. The van der Waals surface area contributed by atoms with Gasteiger partial charge in [-0.3, -0.25) is 0 Å². The van der Waals surface area contributed by atoms with E-state index in [-0.39, 0.29) is 0 Å². The fraction of sp³-hybridized carbons (Fsp3) is 0. The predicted octanol–water partition coefficient (Wildman–Crippen LogP) is 2.76. The SMILES string of the molecule is N#Cc1ccc(F)nc1-c1ccccc1. The summed E-state index contributed by atoms with van der Waals surface area (Å²) in [4.78, 5) is 3.73. The van der Waals surface area contributed by atoms with Crippen LogP contribution < -0.4 is 0 Å². The fourth-order valence-corrected chi connectivity index (χ4v) is 1.34. The van der Waals surface area contributed by atoms with Gasteiger partial charge in [0.15, 0.2) is 0 Å². The molecule has 0 unspecified atom stereocenters. The summed E-state index contributed by atoms with van der Waals surface area (Å²) >= 11 is 0. The maximum absolute atomic E-state index is 12.9. The second kappa shape index (κ2) is 3.89. The summed E-state index contributed by atoms with van der Waals surface area (Å²) in [5.41, 5.74) is 1.51. The topological polar surface area (TPSA) is 36.7 Å². The molecular weight excluding hydrogens is 191 g/mol. The van der Waals surface area contributed by atoms with Gasteiger partial charge in [0.2, 0.25) is 5.95 Å². The quantitative estimate of drug-likeness (QED) is 0.660. The summed E-state index contributed by atoms with van der Waals surface area (Å²) < 4.78 is 12.9. The molecule has 0 spiro atoms. The number of nitrogens with zero attached hydrogens (tertiary/aromatic N) is 2. The van der Waals surface area contributed by atoms with Crippen molar-refractivity contribution in [1.29, 1.82) is 5.26 Å². The molecule has 0 aliphatic heterocycles. The molecule has 0 bridgehead atoms. The molecule has 0 N–H and O–H groups in total. The van der Waals surface area contributed by atoms with E-state index in [2.05, 4.69) is 4.98 Å². The summed E-state index contributed by atoms with van der Waals surface area (Å²) in [5, 5.41) is 8.86. The predicted molar refractivity (Wildman–Crippen MR) is 54.3 cm³/mol. The van der Waals surface area contributed by atoms with E-state index in [0.717, 1.165) is 5.56 Å². The highest BCUT2D eigenvalue weighted by Crippen LogP contribution is 2.20. The molecule has 3 heteroatoms. The third-order valence-corrected chi connectivity index (χ3v) is 2.03. The highest BCUT2D eigenvalue weighted by molar-refractivity contribution is 5.65. The van der Waals surface area contributed by atoms with Crippen LogP contribution in [0.2, 0.25) is 0 Å². The van der Waals surface area contributed by atoms with Crippen molar-refractivity contribution in [3.63, 3.8) is 0 Å². The van der Waals surface area contributed by atoms with Crippen molar-refractivity contribution in [3.8, 4) is 17.3 Å². The number of hydrogen-bond acceptors (Lipinski definition) is 2. The van der Waals surface area contributed by atoms with Gasteiger partial charge in [0.25, 0.3) is 0 Å². The highest BCUT2D eigenvalue weighted by Gasteiger charge is 2.07. The molecule has 72 valence electrons. The van der Waals surface area contributed by atoms with Crippen molar-refractivity contribution >= 4 is 0 Å². The van der Waals surface area contributed by atoms with E-state index in [1.54, 1.807) is 12.1 Å². The Morgan fingerprint density at radius 3 is 2.47 bits per heavy atom. The Hall–Kier alpha value is -2.21. The second-order valence-corrected chi connectivity index (χ2v) is 3.01. The van der Waals surface area contributed by atoms with Crippen LogP contribution in [0, 0.1) is 17.3 Å². The first-order chi connectivity index (χ1) is 7.31. The van der Waals surface area contributed by atoms with Gasteiger partial charge in [-0.15, -0.1) is 0 Å². The zero-order valence-corrected chi connectivity index (χ0v) is 7.81. The number of benzene rings is 1. The van der Waals surface area contributed by atoms with Crippen LogP contribution in [-0.2, 0) is 0 Å². The molecule has 1 aromatic carbocycles. The van der Waals surface area contributed by atoms with Gasteiger partial charge >= 0.3 is 0 Å². The molecule has 0 aliphatic carbocycles. The van der Waals surface area contributed by atoms with Crippen LogP contribution in [0.25, 0.3) is 11.3 Å². The molecule has 1 aromatic heterocycles. The Balaban J connectivity index is 2.62. The maximum atomic E-state index is 12.9. The molecule has 2 rings (SSSR count). The first-order valence-electron chi connectivity index (χ1n) is 4.43. The van der Waals surface area contributed by atoms with Crippen molar-refractivity contribution in [2.75, 3.05) is 0 Å². The normalized spacial score (nSPS) is 9.60. The van der Waals surface area contributed by atoms with Gasteiger partial charge in [-0.05, 0) is 12.1 Å². The summed E-state index contributed by atoms with van der Waals surface area (Å²) in [5.74, 6) is -0.576. The first kappa shape index (κ1) is 9.35. The van der Waals surface area contributed by atoms with E-state index >= 15 is 0 Å². The van der Waals surface area contributed by atoms with Crippen molar-refractivity contribution < 1.29 is 4.39 Å². The standard InChI is InChI=1S/C12H7FN2/c13-11-7-6-10(8-14)12(15-11)9-4-2-1-3-5-9/h1-7H. The number of nitriles is 1. The van der Waals surface area contributed by atoms with E-state index in [9.17, 15) is 4.39 Å². The number of rotatable bonds is 1. The van der Waals surface area contributed by atoms with Gasteiger partial charge in [-0.1, -0.05) is 30.3 Å². The van der Waals surface area contributed by atoms with Crippen LogP contribution in [0.15, 0.2) is 42.5 Å². The molecule has 0 aliphatic rings. The number of halogens is 1. The zero-order valence-electron chi connectivity index (χ0n) is 7.81. The van der Waals surface area contributed by atoms with Gasteiger partial charge in [-0.2, -0.15) is 9.65 Å². The minimum atomic E-state index is -0.576. The van der Waals surface area contributed by atoms with Crippen molar-refractivity contribution in [2.45, 2.75) is 0 Å². The van der Waals surface area contributed by atoms with E-state index in [0.29, 0.717) is 11.3 Å². The minimum absolute atomic E-state index is 0.377. The van der Waals surface area contributed by atoms with Gasteiger partial charge in [0.05, 0.1) is 11.3 Å². The van der Waals surface area contributed by atoms with Crippen LogP contribution in [0.3, 0.4) is 0 Å². The molecule has 0 fully saturated rings. The minimum Gasteiger partial charge on any atom is -0.218 e. The molecule has 0 amide bonds. The van der Waals surface area contributed by atoms with Crippen LogP contribution in [0.4, 0.5) is 4.39 Å². The molecule has 0 atom stereocenters. The lowest BCUT2D eigenvalue weighted by Crippen LogP contribution is -1.91. The van der Waals surface area contributed by atoms with Gasteiger partial charge in [0, 0.05) is 5.56 Å². The zero-order chi connectivity index (χ0) is 10.7.